The summed E-state index contributed by atoms with van der Waals surface area (Å²) in [7, 11) is 0. The maximum atomic E-state index is 5.83. The lowest BCUT2D eigenvalue weighted by atomic mass is 10.0. The van der Waals surface area contributed by atoms with Crippen molar-refractivity contribution in [3.63, 3.8) is 0 Å². The predicted octanol–water partition coefficient (Wildman–Crippen LogP) is 3.72. The van der Waals surface area contributed by atoms with Crippen LogP contribution in [0, 0.1) is 5.92 Å². The summed E-state index contributed by atoms with van der Waals surface area (Å²) in [6.07, 6.45) is 2.85. The molecule has 106 valence electrons. The van der Waals surface area contributed by atoms with Gasteiger partial charge in [-0.2, -0.15) is 0 Å². The standard InChI is InChI=1S/C16H21N3S/c1-10(2)8-11(3)19-15-12-6-4-5-7-14(12)18-9-13(15)16(17)20/h4-7,9-11H,8H2,1-3H3,(H2,17,20)(H,18,19). The number of hydrogen-bond acceptors (Lipinski definition) is 3. The third kappa shape index (κ3) is 3.25. The van der Waals surface area contributed by atoms with Crippen LogP contribution in [0.15, 0.2) is 30.5 Å². The molecule has 0 fully saturated rings. The molecule has 2 rings (SSSR count). The summed E-state index contributed by atoms with van der Waals surface area (Å²) in [6, 6.07) is 8.39. The van der Waals surface area contributed by atoms with E-state index >= 15 is 0 Å². The van der Waals surface area contributed by atoms with Gasteiger partial charge in [0.05, 0.1) is 16.8 Å². The third-order valence-electron chi connectivity index (χ3n) is 3.26. The molecule has 0 saturated carbocycles. The Hall–Kier alpha value is -1.68. The fourth-order valence-electron chi connectivity index (χ4n) is 2.50. The van der Waals surface area contributed by atoms with Crippen molar-refractivity contribution in [3.05, 3.63) is 36.0 Å². The fraction of sp³-hybridized carbons (Fsp3) is 0.375. The van der Waals surface area contributed by atoms with Gasteiger partial charge in [0, 0.05) is 17.6 Å². The molecule has 2 aromatic rings. The number of para-hydroxylation sites is 1. The average Bonchev–Trinajstić information content (AvgIpc) is 2.37. The number of benzene rings is 1. The maximum Gasteiger partial charge on any atom is 0.107 e. The molecule has 0 aliphatic rings. The Morgan fingerprint density at radius 3 is 2.65 bits per heavy atom. The smallest absolute Gasteiger partial charge is 0.107 e. The number of hydrogen-bond donors (Lipinski definition) is 2. The van der Waals surface area contributed by atoms with E-state index in [9.17, 15) is 0 Å². The number of fused-ring (bicyclic) bond motifs is 1. The molecule has 0 bridgehead atoms. The highest BCUT2D eigenvalue weighted by Crippen LogP contribution is 2.27. The largest absolute Gasteiger partial charge is 0.389 e. The molecule has 0 aliphatic heterocycles. The van der Waals surface area contributed by atoms with E-state index in [4.69, 9.17) is 18.0 Å². The van der Waals surface area contributed by atoms with Crippen LogP contribution in [-0.4, -0.2) is 16.0 Å². The average molecular weight is 287 g/mol. The lowest BCUT2D eigenvalue weighted by molar-refractivity contribution is 0.540. The van der Waals surface area contributed by atoms with Gasteiger partial charge in [-0.1, -0.05) is 44.3 Å². The first-order valence-corrected chi connectivity index (χ1v) is 7.34. The summed E-state index contributed by atoms with van der Waals surface area (Å²) in [5, 5.41) is 4.62. The molecule has 0 spiro atoms. The fourth-order valence-corrected chi connectivity index (χ4v) is 2.65. The SMILES string of the molecule is CC(C)CC(C)Nc1c(C(N)=S)cnc2ccccc12. The highest BCUT2D eigenvalue weighted by atomic mass is 32.1. The number of nitrogens with two attached hydrogens (primary N) is 1. The highest BCUT2D eigenvalue weighted by molar-refractivity contribution is 7.80. The molecular weight excluding hydrogens is 266 g/mol. The van der Waals surface area contributed by atoms with Crippen LogP contribution >= 0.6 is 12.2 Å². The first-order chi connectivity index (χ1) is 9.49. The number of thiocarbonyl (C=S) groups is 1. The first kappa shape index (κ1) is 14.7. The van der Waals surface area contributed by atoms with Crippen molar-refractivity contribution < 1.29 is 0 Å². The van der Waals surface area contributed by atoms with E-state index in [1.54, 1.807) is 6.20 Å². The first-order valence-electron chi connectivity index (χ1n) is 6.93. The Kier molecular flexibility index (Phi) is 4.55. The Labute approximate surface area is 125 Å². The zero-order valence-corrected chi connectivity index (χ0v) is 13.0. The van der Waals surface area contributed by atoms with Crippen molar-refractivity contribution in [1.82, 2.24) is 4.98 Å². The molecule has 1 aromatic heterocycles. The lowest BCUT2D eigenvalue weighted by Gasteiger charge is -2.20. The highest BCUT2D eigenvalue weighted by Gasteiger charge is 2.13. The number of aromatic nitrogens is 1. The lowest BCUT2D eigenvalue weighted by Crippen LogP contribution is -2.21. The van der Waals surface area contributed by atoms with Crippen molar-refractivity contribution in [1.29, 1.82) is 0 Å². The van der Waals surface area contributed by atoms with Gasteiger partial charge in [0.25, 0.3) is 0 Å². The van der Waals surface area contributed by atoms with Gasteiger partial charge in [0.2, 0.25) is 0 Å². The Morgan fingerprint density at radius 2 is 2.00 bits per heavy atom. The number of nitrogens with zero attached hydrogens (tertiary/aromatic N) is 1. The molecule has 0 aliphatic carbocycles. The molecule has 0 radical (unpaired) electrons. The van der Waals surface area contributed by atoms with Crippen LogP contribution in [0.5, 0.6) is 0 Å². The molecular formula is C16H21N3S. The molecule has 1 heterocycles. The Morgan fingerprint density at radius 1 is 1.30 bits per heavy atom. The molecule has 1 unspecified atom stereocenters. The third-order valence-corrected chi connectivity index (χ3v) is 3.48. The second-order valence-corrected chi connectivity index (χ2v) is 6.04. The van der Waals surface area contributed by atoms with E-state index in [1.165, 1.54) is 0 Å². The van der Waals surface area contributed by atoms with E-state index in [-0.39, 0.29) is 0 Å². The van der Waals surface area contributed by atoms with Crippen molar-refractivity contribution in [3.8, 4) is 0 Å². The summed E-state index contributed by atoms with van der Waals surface area (Å²) in [4.78, 5) is 4.80. The number of pyridine rings is 1. The monoisotopic (exact) mass is 287 g/mol. The predicted molar refractivity (Wildman–Crippen MR) is 90.2 cm³/mol. The van der Waals surface area contributed by atoms with Gasteiger partial charge in [-0.25, -0.2) is 0 Å². The topological polar surface area (TPSA) is 50.9 Å². The van der Waals surface area contributed by atoms with Crippen molar-refractivity contribution >= 4 is 33.8 Å². The molecule has 20 heavy (non-hydrogen) atoms. The second kappa shape index (κ2) is 6.18. The molecule has 0 saturated heterocycles. The van der Waals surface area contributed by atoms with Crippen LogP contribution in [0.2, 0.25) is 0 Å². The van der Waals surface area contributed by atoms with E-state index in [0.717, 1.165) is 28.6 Å². The number of nitrogens with one attached hydrogen (secondary N) is 1. The van der Waals surface area contributed by atoms with Gasteiger partial charge in [0.1, 0.15) is 4.99 Å². The molecule has 4 heteroatoms. The van der Waals surface area contributed by atoms with Gasteiger partial charge in [-0.3, -0.25) is 4.98 Å². The summed E-state index contributed by atoms with van der Waals surface area (Å²) in [5.74, 6) is 0.638. The van der Waals surface area contributed by atoms with Gasteiger partial charge in [0.15, 0.2) is 0 Å². The summed E-state index contributed by atoms with van der Waals surface area (Å²) in [6.45, 7) is 6.62. The van der Waals surface area contributed by atoms with Crippen molar-refractivity contribution in [2.75, 3.05) is 5.32 Å². The maximum absolute atomic E-state index is 5.83. The van der Waals surface area contributed by atoms with Gasteiger partial charge >= 0.3 is 0 Å². The van der Waals surface area contributed by atoms with Crippen molar-refractivity contribution in [2.45, 2.75) is 33.2 Å². The Balaban J connectivity index is 2.47. The zero-order chi connectivity index (χ0) is 14.7. The van der Waals surface area contributed by atoms with E-state index in [1.807, 2.05) is 18.2 Å². The Bertz CT molecular complexity index is 622. The molecule has 3 nitrogen and oxygen atoms in total. The van der Waals surface area contributed by atoms with Crippen LogP contribution < -0.4 is 11.1 Å². The van der Waals surface area contributed by atoms with Crippen LogP contribution in [0.3, 0.4) is 0 Å². The normalized spacial score (nSPS) is 12.6. The van der Waals surface area contributed by atoms with Crippen LogP contribution in [0.1, 0.15) is 32.8 Å². The minimum absolute atomic E-state index is 0.355. The van der Waals surface area contributed by atoms with Gasteiger partial charge in [-0.05, 0) is 25.3 Å². The molecule has 1 atom stereocenters. The van der Waals surface area contributed by atoms with E-state index in [2.05, 4.69) is 37.1 Å². The second-order valence-electron chi connectivity index (χ2n) is 5.60. The number of anilines is 1. The van der Waals surface area contributed by atoms with E-state index < -0.39 is 0 Å². The minimum atomic E-state index is 0.355. The van der Waals surface area contributed by atoms with Gasteiger partial charge < -0.3 is 11.1 Å². The molecule has 0 amide bonds. The minimum Gasteiger partial charge on any atom is -0.389 e. The molecule has 1 aromatic carbocycles. The molecule has 3 N–H and O–H groups in total. The van der Waals surface area contributed by atoms with Crippen LogP contribution in [0.25, 0.3) is 10.9 Å². The summed E-state index contributed by atoms with van der Waals surface area (Å²) >= 11 is 5.15. The van der Waals surface area contributed by atoms with Crippen molar-refractivity contribution in [2.24, 2.45) is 11.7 Å². The zero-order valence-electron chi connectivity index (χ0n) is 12.2. The summed E-state index contributed by atoms with van der Waals surface area (Å²) < 4.78 is 0. The van der Waals surface area contributed by atoms with E-state index in [0.29, 0.717) is 16.9 Å². The van der Waals surface area contributed by atoms with Crippen LogP contribution in [0.4, 0.5) is 5.69 Å². The number of rotatable bonds is 5. The van der Waals surface area contributed by atoms with Gasteiger partial charge in [-0.15, -0.1) is 0 Å². The summed E-state index contributed by atoms with van der Waals surface area (Å²) in [5.41, 5.74) is 8.60. The quantitative estimate of drug-likeness (QED) is 0.823. The van der Waals surface area contributed by atoms with Crippen LogP contribution in [-0.2, 0) is 0 Å².